The van der Waals surface area contributed by atoms with Crippen LogP contribution in [0.25, 0.3) is 0 Å². The maximum absolute atomic E-state index is 13.7. The van der Waals surface area contributed by atoms with E-state index in [0.717, 1.165) is 5.56 Å². The fourth-order valence-corrected chi connectivity index (χ4v) is 4.54. The number of ether oxygens (including phenoxy) is 1. The van der Waals surface area contributed by atoms with Crippen LogP contribution < -0.4 is 4.90 Å². The predicted octanol–water partition coefficient (Wildman–Crippen LogP) is 3.22. The first-order valence-electron chi connectivity index (χ1n) is 10.1. The summed E-state index contributed by atoms with van der Waals surface area (Å²) in [5, 5.41) is 11.6. The Morgan fingerprint density at radius 3 is 2.27 bits per heavy atom. The molecule has 1 aliphatic rings. The SMILES string of the molecule is CCOC(=O)C1C(=O)N(c2ccccc2C)C(C)(O)C(C(C)=O)C1c1ccccc1. The maximum Gasteiger partial charge on any atom is 0.319 e. The fourth-order valence-electron chi connectivity index (χ4n) is 4.54. The third-order valence-corrected chi connectivity index (χ3v) is 5.77. The molecule has 158 valence electrons. The van der Waals surface area contributed by atoms with E-state index in [1.54, 1.807) is 43.3 Å². The Bertz CT molecular complexity index is 953. The van der Waals surface area contributed by atoms with Crippen molar-refractivity contribution in [3.8, 4) is 0 Å². The van der Waals surface area contributed by atoms with Crippen LogP contribution in [-0.4, -0.2) is 35.1 Å². The molecule has 1 heterocycles. The first-order chi connectivity index (χ1) is 14.2. The van der Waals surface area contributed by atoms with Gasteiger partial charge >= 0.3 is 5.97 Å². The van der Waals surface area contributed by atoms with Gasteiger partial charge in [0.25, 0.3) is 0 Å². The van der Waals surface area contributed by atoms with Crippen LogP contribution in [0.15, 0.2) is 54.6 Å². The van der Waals surface area contributed by atoms with Crippen LogP contribution >= 0.6 is 0 Å². The molecule has 0 spiro atoms. The molecule has 0 aliphatic carbocycles. The van der Waals surface area contributed by atoms with Gasteiger partial charge in [-0.05, 0) is 44.9 Å². The number of Topliss-reactive ketones (excluding diaryl/α,β-unsaturated/α-hetero) is 1. The molecule has 30 heavy (non-hydrogen) atoms. The largest absolute Gasteiger partial charge is 0.465 e. The molecule has 4 unspecified atom stereocenters. The number of esters is 1. The summed E-state index contributed by atoms with van der Waals surface area (Å²) in [6.45, 7) is 6.42. The first kappa shape index (κ1) is 21.7. The molecule has 2 aromatic carbocycles. The van der Waals surface area contributed by atoms with Crippen molar-refractivity contribution in [3.63, 3.8) is 0 Å². The van der Waals surface area contributed by atoms with E-state index in [2.05, 4.69) is 0 Å². The summed E-state index contributed by atoms with van der Waals surface area (Å²) >= 11 is 0. The van der Waals surface area contributed by atoms with Crippen LogP contribution in [0.5, 0.6) is 0 Å². The Labute approximate surface area is 176 Å². The summed E-state index contributed by atoms with van der Waals surface area (Å²) in [6, 6.07) is 16.0. The van der Waals surface area contributed by atoms with Crippen molar-refractivity contribution >= 4 is 23.3 Å². The quantitative estimate of drug-likeness (QED) is 0.606. The summed E-state index contributed by atoms with van der Waals surface area (Å²) in [4.78, 5) is 40.7. The van der Waals surface area contributed by atoms with Crippen molar-refractivity contribution in [2.24, 2.45) is 11.8 Å². The fraction of sp³-hybridized carbons (Fsp3) is 0.375. The van der Waals surface area contributed by atoms with Gasteiger partial charge in [-0.25, -0.2) is 0 Å². The maximum atomic E-state index is 13.7. The molecular formula is C24H27NO5. The Morgan fingerprint density at radius 1 is 1.10 bits per heavy atom. The number of anilines is 1. The smallest absolute Gasteiger partial charge is 0.319 e. The van der Waals surface area contributed by atoms with Crippen LogP contribution in [0.1, 0.15) is 37.8 Å². The molecule has 1 fully saturated rings. The second kappa shape index (κ2) is 8.40. The highest BCUT2D eigenvalue weighted by Gasteiger charge is 2.60. The van der Waals surface area contributed by atoms with E-state index < -0.39 is 35.4 Å². The summed E-state index contributed by atoms with van der Waals surface area (Å²) in [7, 11) is 0. The molecule has 1 saturated heterocycles. The molecule has 0 aromatic heterocycles. The van der Waals surface area contributed by atoms with Crippen LogP contribution in [0.4, 0.5) is 5.69 Å². The third kappa shape index (κ3) is 3.63. The normalized spacial score (nSPS) is 26.4. The Kier molecular flexibility index (Phi) is 6.08. The second-order valence-electron chi connectivity index (χ2n) is 7.81. The molecule has 0 saturated carbocycles. The van der Waals surface area contributed by atoms with Gasteiger partial charge in [0.05, 0.1) is 12.5 Å². The number of aliphatic hydroxyl groups is 1. The zero-order valence-electron chi connectivity index (χ0n) is 17.7. The number of hydrogen-bond acceptors (Lipinski definition) is 5. The molecule has 3 rings (SSSR count). The molecule has 1 aliphatic heterocycles. The third-order valence-electron chi connectivity index (χ3n) is 5.77. The lowest BCUT2D eigenvalue weighted by molar-refractivity contribution is -0.162. The van der Waals surface area contributed by atoms with Gasteiger partial charge in [0.1, 0.15) is 11.7 Å². The standard InChI is InChI=1S/C24H27NO5/c1-5-30-23(28)20-19(17-12-7-6-8-13-17)21(16(3)26)24(4,29)25(22(20)27)18-14-10-9-11-15(18)2/h6-14,19-21,29H,5H2,1-4H3. The van der Waals surface area contributed by atoms with E-state index >= 15 is 0 Å². The van der Waals surface area contributed by atoms with Gasteiger partial charge in [-0.1, -0.05) is 48.5 Å². The highest BCUT2D eigenvalue weighted by Crippen LogP contribution is 2.48. The Hall–Kier alpha value is -2.99. The van der Waals surface area contributed by atoms with Crippen molar-refractivity contribution in [3.05, 3.63) is 65.7 Å². The van der Waals surface area contributed by atoms with E-state index in [1.165, 1.54) is 18.7 Å². The van der Waals surface area contributed by atoms with Crippen LogP contribution in [0, 0.1) is 18.8 Å². The van der Waals surface area contributed by atoms with Crippen LogP contribution in [0.2, 0.25) is 0 Å². The van der Waals surface area contributed by atoms with E-state index in [1.807, 2.05) is 25.1 Å². The molecule has 1 N–H and O–H groups in total. The second-order valence-corrected chi connectivity index (χ2v) is 7.81. The molecule has 4 atom stereocenters. The number of benzene rings is 2. The predicted molar refractivity (Wildman–Crippen MR) is 113 cm³/mol. The lowest BCUT2D eigenvalue weighted by Crippen LogP contribution is -2.66. The Balaban J connectivity index is 2.26. The zero-order valence-corrected chi connectivity index (χ0v) is 17.7. The lowest BCUT2D eigenvalue weighted by atomic mass is 9.66. The minimum absolute atomic E-state index is 0.107. The number of hydrogen-bond donors (Lipinski definition) is 1. The number of rotatable bonds is 5. The van der Waals surface area contributed by atoms with Crippen molar-refractivity contribution in [2.45, 2.75) is 39.3 Å². The molecule has 2 aromatic rings. The van der Waals surface area contributed by atoms with Gasteiger partial charge < -0.3 is 9.84 Å². The molecule has 6 nitrogen and oxygen atoms in total. The van der Waals surface area contributed by atoms with E-state index in [9.17, 15) is 19.5 Å². The average molecular weight is 409 g/mol. The molecule has 0 bridgehead atoms. The van der Waals surface area contributed by atoms with Gasteiger partial charge in [0.2, 0.25) is 5.91 Å². The number of piperidine rings is 1. The van der Waals surface area contributed by atoms with Gasteiger partial charge in [-0.15, -0.1) is 0 Å². The minimum atomic E-state index is -1.83. The highest BCUT2D eigenvalue weighted by atomic mass is 16.5. The van der Waals surface area contributed by atoms with E-state index in [0.29, 0.717) is 11.3 Å². The van der Waals surface area contributed by atoms with Gasteiger partial charge in [-0.3, -0.25) is 19.3 Å². The molecule has 6 heteroatoms. The summed E-state index contributed by atoms with van der Waals surface area (Å²) in [5.41, 5.74) is 0.000923. The van der Waals surface area contributed by atoms with Crippen molar-refractivity contribution < 1.29 is 24.2 Å². The first-order valence-corrected chi connectivity index (χ1v) is 10.1. The number of ketones is 1. The topological polar surface area (TPSA) is 83.9 Å². The van der Waals surface area contributed by atoms with Crippen LogP contribution in [0.3, 0.4) is 0 Å². The average Bonchev–Trinajstić information content (AvgIpc) is 2.69. The number of carbonyl (C=O) groups is 3. The van der Waals surface area contributed by atoms with Crippen molar-refractivity contribution in [1.82, 2.24) is 0 Å². The zero-order chi connectivity index (χ0) is 22.1. The van der Waals surface area contributed by atoms with E-state index in [4.69, 9.17) is 4.74 Å². The molecular weight excluding hydrogens is 382 g/mol. The number of amides is 1. The van der Waals surface area contributed by atoms with Crippen LogP contribution in [-0.2, 0) is 19.1 Å². The lowest BCUT2D eigenvalue weighted by Gasteiger charge is -2.51. The monoisotopic (exact) mass is 409 g/mol. The minimum Gasteiger partial charge on any atom is -0.465 e. The number of nitrogens with zero attached hydrogens (tertiary/aromatic N) is 1. The highest BCUT2D eigenvalue weighted by molar-refractivity contribution is 6.10. The van der Waals surface area contributed by atoms with Crippen molar-refractivity contribution in [1.29, 1.82) is 0 Å². The van der Waals surface area contributed by atoms with Crippen molar-refractivity contribution in [2.75, 3.05) is 11.5 Å². The van der Waals surface area contributed by atoms with Gasteiger partial charge in [-0.2, -0.15) is 0 Å². The summed E-state index contributed by atoms with van der Waals surface area (Å²) < 4.78 is 5.23. The number of aryl methyl sites for hydroxylation is 1. The van der Waals surface area contributed by atoms with E-state index in [-0.39, 0.29) is 12.4 Å². The summed E-state index contributed by atoms with van der Waals surface area (Å²) in [6.07, 6.45) is 0. The molecule has 1 amide bonds. The number of para-hydroxylation sites is 1. The van der Waals surface area contributed by atoms with Gasteiger partial charge in [0.15, 0.2) is 5.72 Å². The number of carbonyl (C=O) groups excluding carboxylic acids is 3. The Morgan fingerprint density at radius 2 is 1.70 bits per heavy atom. The summed E-state index contributed by atoms with van der Waals surface area (Å²) in [5.74, 6) is -4.71. The van der Waals surface area contributed by atoms with Gasteiger partial charge in [0, 0.05) is 11.6 Å². The molecule has 0 radical (unpaired) electrons.